The number of carbonyl (C=O) groups is 1. The Balaban J connectivity index is 1.14. The lowest BCUT2D eigenvalue weighted by Gasteiger charge is -2.36. The molecule has 0 atom stereocenters. The zero-order chi connectivity index (χ0) is 23.5. The van der Waals surface area contributed by atoms with E-state index >= 15 is 0 Å². The van der Waals surface area contributed by atoms with Crippen LogP contribution in [-0.2, 0) is 13.0 Å². The molecule has 3 heterocycles. The second kappa shape index (κ2) is 9.65. The molecule has 0 radical (unpaired) electrons. The predicted octanol–water partition coefficient (Wildman–Crippen LogP) is 3.54. The summed E-state index contributed by atoms with van der Waals surface area (Å²) in [4.78, 5) is 16.5. The van der Waals surface area contributed by atoms with Crippen molar-refractivity contribution >= 4 is 28.4 Å². The number of carbonyl (C=O) groups excluding carboxylic acids is 1. The minimum Gasteiger partial charge on any atom is -0.493 e. The molecule has 8 heteroatoms. The molecule has 8 nitrogen and oxygen atoms in total. The fourth-order valence-electron chi connectivity index (χ4n) is 5.00. The average molecular weight is 459 g/mol. The topological polar surface area (TPSA) is 99.5 Å². The number of aryl methyl sites for hydroxylation is 1. The summed E-state index contributed by atoms with van der Waals surface area (Å²) in [6, 6.07) is 15.6. The molecule has 0 bridgehead atoms. The first-order chi connectivity index (χ1) is 16.6. The summed E-state index contributed by atoms with van der Waals surface area (Å²) in [5.41, 5.74) is 9.54. The Bertz CT molecular complexity index is 1240. The molecule has 1 aromatic heterocycles. The van der Waals surface area contributed by atoms with Gasteiger partial charge in [0.25, 0.3) is 0 Å². The van der Waals surface area contributed by atoms with Gasteiger partial charge in [0.05, 0.1) is 23.8 Å². The van der Waals surface area contributed by atoms with E-state index in [1.165, 1.54) is 11.3 Å². The number of urea groups is 1. The molecule has 1 fully saturated rings. The maximum absolute atomic E-state index is 11.5. The van der Waals surface area contributed by atoms with E-state index in [0.717, 1.165) is 81.8 Å². The number of nitrogens with one attached hydrogen (secondary N) is 1. The van der Waals surface area contributed by atoms with Gasteiger partial charge < -0.3 is 19.9 Å². The van der Waals surface area contributed by atoms with Gasteiger partial charge in [0.1, 0.15) is 11.6 Å². The number of fused-ring (bicyclic) bond motifs is 2. The third kappa shape index (κ3) is 4.66. The maximum atomic E-state index is 11.5. The zero-order valence-electron chi connectivity index (χ0n) is 19.3. The van der Waals surface area contributed by atoms with Crippen molar-refractivity contribution in [3.8, 4) is 11.8 Å². The van der Waals surface area contributed by atoms with Gasteiger partial charge in [-0.15, -0.1) is 0 Å². The highest BCUT2D eigenvalue weighted by molar-refractivity contribution is 5.93. The number of primary amides is 1. The summed E-state index contributed by atoms with van der Waals surface area (Å²) in [5.74, 6) is 1.71. The molecule has 2 aliphatic heterocycles. The van der Waals surface area contributed by atoms with Crippen LogP contribution >= 0.6 is 0 Å². The van der Waals surface area contributed by atoms with E-state index in [0.29, 0.717) is 11.4 Å². The van der Waals surface area contributed by atoms with Crippen LogP contribution in [-0.4, -0.2) is 54.8 Å². The first-order valence-electron chi connectivity index (χ1n) is 11.9. The van der Waals surface area contributed by atoms with Gasteiger partial charge in [-0.3, -0.25) is 10.2 Å². The van der Waals surface area contributed by atoms with Crippen molar-refractivity contribution in [3.05, 3.63) is 53.6 Å². The second-order valence-corrected chi connectivity index (χ2v) is 8.98. The van der Waals surface area contributed by atoms with Crippen LogP contribution in [0, 0.1) is 11.3 Å². The van der Waals surface area contributed by atoms with E-state index in [1.807, 2.05) is 18.2 Å². The van der Waals surface area contributed by atoms with Gasteiger partial charge in [-0.1, -0.05) is 6.07 Å². The largest absolute Gasteiger partial charge is 0.493 e. The van der Waals surface area contributed by atoms with Crippen molar-refractivity contribution in [2.75, 3.05) is 49.5 Å². The number of nitrogens with two attached hydrogens (primary N) is 1. The number of hydrogen-bond donors (Lipinski definition) is 2. The lowest BCUT2D eigenvalue weighted by Crippen LogP contribution is -2.46. The third-order valence-electron chi connectivity index (χ3n) is 6.80. The molecule has 0 saturated carbocycles. The fraction of sp³-hybridized carbons (Fsp3) is 0.385. The molecular formula is C26H30N6O2. The Hall–Kier alpha value is -3.70. The van der Waals surface area contributed by atoms with Crippen molar-refractivity contribution in [1.29, 1.82) is 5.26 Å². The fourth-order valence-corrected chi connectivity index (χ4v) is 5.00. The van der Waals surface area contributed by atoms with Gasteiger partial charge in [-0.25, -0.2) is 4.79 Å². The summed E-state index contributed by atoms with van der Waals surface area (Å²) in [5, 5.41) is 13.0. The number of piperazine rings is 1. The molecule has 2 amide bonds. The number of nitriles is 1. The molecule has 34 heavy (non-hydrogen) atoms. The van der Waals surface area contributed by atoms with Crippen molar-refractivity contribution in [2.24, 2.45) is 5.73 Å². The lowest BCUT2D eigenvalue weighted by molar-refractivity contribution is 0.251. The highest BCUT2D eigenvalue weighted by Crippen LogP contribution is 2.30. The standard InChI is InChI=1S/C26H30N6O2/c27-18-19-3-4-20-17-25(29-26(28)33)32(23(20)15-19)9-2-1-8-30-10-12-31(13-11-30)22-5-6-24-21(16-22)7-14-34-24/h3-6,15-17H,1-2,7-14H2,(H3,28,29,33). The Kier molecular flexibility index (Phi) is 6.28. The average Bonchev–Trinajstić information content (AvgIpc) is 3.45. The van der Waals surface area contributed by atoms with Crippen molar-refractivity contribution in [2.45, 2.75) is 25.8 Å². The minimum absolute atomic E-state index is 0.585. The van der Waals surface area contributed by atoms with Crippen LogP contribution in [0.4, 0.5) is 16.3 Å². The molecule has 5 rings (SSSR count). The van der Waals surface area contributed by atoms with E-state index in [9.17, 15) is 10.1 Å². The van der Waals surface area contributed by atoms with Crippen LogP contribution in [0.3, 0.4) is 0 Å². The number of benzene rings is 2. The molecule has 2 aromatic carbocycles. The SMILES string of the molecule is N#Cc1ccc2cc(NC(N)=O)n(CCCCN3CCN(c4ccc5c(c4)CCO5)CC3)c2c1. The van der Waals surface area contributed by atoms with Crippen molar-refractivity contribution in [1.82, 2.24) is 9.47 Å². The predicted molar refractivity (Wildman–Crippen MR) is 133 cm³/mol. The number of unbranched alkanes of at least 4 members (excludes halogenated alkanes) is 1. The molecule has 3 N–H and O–H groups in total. The number of amides is 2. The minimum atomic E-state index is -0.585. The summed E-state index contributed by atoms with van der Waals surface area (Å²) >= 11 is 0. The summed E-state index contributed by atoms with van der Waals surface area (Å²) < 4.78 is 7.68. The Morgan fingerprint density at radius 1 is 1.06 bits per heavy atom. The van der Waals surface area contributed by atoms with Gasteiger partial charge in [-0.05, 0) is 61.3 Å². The van der Waals surface area contributed by atoms with Crippen LogP contribution < -0.4 is 20.7 Å². The van der Waals surface area contributed by atoms with Gasteiger partial charge in [0, 0.05) is 50.2 Å². The quantitative estimate of drug-likeness (QED) is 0.528. The van der Waals surface area contributed by atoms with Crippen molar-refractivity contribution in [3.63, 3.8) is 0 Å². The van der Waals surface area contributed by atoms with E-state index in [2.05, 4.69) is 44.0 Å². The van der Waals surface area contributed by atoms with E-state index in [-0.39, 0.29) is 0 Å². The summed E-state index contributed by atoms with van der Waals surface area (Å²) in [6.45, 7) is 6.78. The van der Waals surface area contributed by atoms with E-state index in [4.69, 9.17) is 10.5 Å². The first-order valence-corrected chi connectivity index (χ1v) is 11.9. The molecule has 0 unspecified atom stereocenters. The smallest absolute Gasteiger partial charge is 0.317 e. The molecule has 2 aliphatic rings. The molecular weight excluding hydrogens is 428 g/mol. The number of anilines is 2. The summed E-state index contributed by atoms with van der Waals surface area (Å²) in [6.07, 6.45) is 3.04. The number of nitrogens with zero attached hydrogens (tertiary/aromatic N) is 4. The highest BCUT2D eigenvalue weighted by atomic mass is 16.5. The van der Waals surface area contributed by atoms with Crippen LogP contribution in [0.5, 0.6) is 5.75 Å². The lowest BCUT2D eigenvalue weighted by atomic mass is 10.1. The Labute approximate surface area is 199 Å². The molecule has 0 aliphatic carbocycles. The number of rotatable bonds is 7. The van der Waals surface area contributed by atoms with Crippen LogP contribution in [0.25, 0.3) is 10.9 Å². The normalized spacial score (nSPS) is 15.7. The first kappa shape index (κ1) is 22.1. The Morgan fingerprint density at radius 3 is 2.68 bits per heavy atom. The third-order valence-corrected chi connectivity index (χ3v) is 6.80. The molecule has 0 spiro atoms. The zero-order valence-corrected chi connectivity index (χ0v) is 19.3. The van der Waals surface area contributed by atoms with Gasteiger partial charge in [-0.2, -0.15) is 5.26 Å². The monoisotopic (exact) mass is 458 g/mol. The van der Waals surface area contributed by atoms with Gasteiger partial charge in [0.2, 0.25) is 0 Å². The van der Waals surface area contributed by atoms with E-state index < -0.39 is 6.03 Å². The number of ether oxygens (including phenoxy) is 1. The number of aromatic nitrogens is 1. The van der Waals surface area contributed by atoms with Crippen LogP contribution in [0.1, 0.15) is 24.0 Å². The molecule has 3 aromatic rings. The molecule has 176 valence electrons. The highest BCUT2D eigenvalue weighted by Gasteiger charge is 2.19. The Morgan fingerprint density at radius 2 is 1.88 bits per heavy atom. The van der Waals surface area contributed by atoms with Crippen molar-refractivity contribution < 1.29 is 9.53 Å². The van der Waals surface area contributed by atoms with Gasteiger partial charge in [0.15, 0.2) is 0 Å². The maximum Gasteiger partial charge on any atom is 0.317 e. The number of hydrogen-bond acceptors (Lipinski definition) is 5. The van der Waals surface area contributed by atoms with Crippen LogP contribution in [0.2, 0.25) is 0 Å². The van der Waals surface area contributed by atoms with E-state index in [1.54, 1.807) is 6.07 Å². The summed E-state index contributed by atoms with van der Waals surface area (Å²) in [7, 11) is 0. The molecule has 1 saturated heterocycles. The van der Waals surface area contributed by atoms with Gasteiger partial charge >= 0.3 is 6.03 Å². The van der Waals surface area contributed by atoms with Crippen LogP contribution in [0.15, 0.2) is 42.5 Å². The second-order valence-electron chi connectivity index (χ2n) is 8.98.